The van der Waals surface area contributed by atoms with Gasteiger partial charge in [0.1, 0.15) is 23.4 Å². The Bertz CT molecular complexity index is 1090. The minimum Gasteiger partial charge on any atom is -0.383 e. The molecular weight excluding hydrogens is 348 g/mol. The summed E-state index contributed by atoms with van der Waals surface area (Å²) in [6, 6.07) is 7.01. The molecule has 0 aromatic carbocycles. The van der Waals surface area contributed by atoms with Crippen molar-refractivity contribution >= 4 is 22.5 Å². The predicted octanol–water partition coefficient (Wildman–Crippen LogP) is 4.42. The number of aryl methyl sites for hydroxylation is 1. The van der Waals surface area contributed by atoms with Crippen molar-refractivity contribution in [2.45, 2.75) is 51.0 Å². The molecule has 144 valence electrons. The summed E-state index contributed by atoms with van der Waals surface area (Å²) in [7, 11) is 0. The number of imidazole rings is 1. The summed E-state index contributed by atoms with van der Waals surface area (Å²) in [6.45, 7) is 0. The van der Waals surface area contributed by atoms with Crippen LogP contribution in [0.25, 0.3) is 16.7 Å². The molecular formula is C22H26N6. The topological polar surface area (TPSA) is 74.0 Å². The maximum atomic E-state index is 5.98. The number of anilines is 1. The van der Waals surface area contributed by atoms with Gasteiger partial charge in [-0.2, -0.15) is 0 Å². The van der Waals surface area contributed by atoms with E-state index < -0.39 is 0 Å². The van der Waals surface area contributed by atoms with Crippen LogP contribution in [0.2, 0.25) is 0 Å². The Hall–Kier alpha value is -2.89. The second kappa shape index (κ2) is 7.26. The van der Waals surface area contributed by atoms with Crippen LogP contribution in [0.4, 0.5) is 5.82 Å². The first-order valence-corrected chi connectivity index (χ1v) is 10.3. The number of hydrogen-bond donors (Lipinski definition) is 1. The average molecular weight is 374 g/mol. The summed E-state index contributed by atoms with van der Waals surface area (Å²) in [4.78, 5) is 12.9. The highest BCUT2D eigenvalue weighted by molar-refractivity contribution is 5.86. The quantitative estimate of drug-likeness (QED) is 0.507. The highest BCUT2D eigenvalue weighted by Crippen LogP contribution is 2.39. The van der Waals surface area contributed by atoms with E-state index in [9.17, 15) is 0 Å². The number of hydrogen-bond acceptors (Lipinski definition) is 4. The SMILES string of the molecule is Nc1ncnc2c1ccn2C1CCC(CCCCc2ccn3ccnc3c2)C1. The van der Waals surface area contributed by atoms with Gasteiger partial charge < -0.3 is 14.7 Å². The second-order valence-electron chi connectivity index (χ2n) is 8.03. The number of rotatable bonds is 6. The van der Waals surface area contributed by atoms with E-state index in [4.69, 9.17) is 5.73 Å². The molecule has 1 aliphatic carbocycles. The largest absolute Gasteiger partial charge is 0.383 e. The van der Waals surface area contributed by atoms with Crippen molar-refractivity contribution in [1.82, 2.24) is 23.9 Å². The van der Waals surface area contributed by atoms with Gasteiger partial charge in [-0.3, -0.25) is 0 Å². The van der Waals surface area contributed by atoms with Gasteiger partial charge in [-0.15, -0.1) is 0 Å². The Morgan fingerprint density at radius 3 is 2.96 bits per heavy atom. The third-order valence-corrected chi connectivity index (χ3v) is 6.24. The third kappa shape index (κ3) is 3.23. The van der Waals surface area contributed by atoms with Crippen LogP contribution in [0.15, 0.2) is 49.3 Å². The minimum absolute atomic E-state index is 0.541. The van der Waals surface area contributed by atoms with Crippen LogP contribution in [0, 0.1) is 5.92 Å². The molecule has 28 heavy (non-hydrogen) atoms. The number of unbranched alkanes of at least 4 members (excludes halogenated alkanes) is 1. The van der Waals surface area contributed by atoms with E-state index >= 15 is 0 Å². The average Bonchev–Trinajstić information content (AvgIpc) is 3.44. The molecule has 1 aliphatic rings. The van der Waals surface area contributed by atoms with Gasteiger partial charge in [0.2, 0.25) is 0 Å². The lowest BCUT2D eigenvalue weighted by Gasteiger charge is -2.14. The Kier molecular flexibility index (Phi) is 4.47. The molecule has 6 heteroatoms. The lowest BCUT2D eigenvalue weighted by molar-refractivity contribution is 0.443. The van der Waals surface area contributed by atoms with Gasteiger partial charge >= 0.3 is 0 Å². The van der Waals surface area contributed by atoms with Gasteiger partial charge in [0.05, 0.1) is 5.39 Å². The molecule has 0 amide bonds. The van der Waals surface area contributed by atoms with Crippen LogP contribution < -0.4 is 5.73 Å². The molecule has 0 spiro atoms. The van der Waals surface area contributed by atoms with Crippen molar-refractivity contribution in [2.75, 3.05) is 5.73 Å². The maximum absolute atomic E-state index is 5.98. The number of aromatic nitrogens is 5. The van der Waals surface area contributed by atoms with Crippen molar-refractivity contribution in [1.29, 1.82) is 0 Å². The number of nitrogens with zero attached hydrogens (tertiary/aromatic N) is 5. The lowest BCUT2D eigenvalue weighted by Crippen LogP contribution is -2.06. The minimum atomic E-state index is 0.541. The number of fused-ring (bicyclic) bond motifs is 2. The van der Waals surface area contributed by atoms with E-state index in [1.54, 1.807) is 6.33 Å². The van der Waals surface area contributed by atoms with E-state index in [0.717, 1.165) is 29.0 Å². The van der Waals surface area contributed by atoms with Crippen molar-refractivity contribution in [3.8, 4) is 0 Å². The summed E-state index contributed by atoms with van der Waals surface area (Å²) in [5.74, 6) is 1.39. The number of nitrogens with two attached hydrogens (primary N) is 1. The normalized spacial score (nSPS) is 19.7. The summed E-state index contributed by atoms with van der Waals surface area (Å²) in [5, 5.41) is 0.973. The van der Waals surface area contributed by atoms with Crippen LogP contribution >= 0.6 is 0 Å². The molecule has 4 aromatic rings. The Morgan fingerprint density at radius 1 is 1.04 bits per heavy atom. The van der Waals surface area contributed by atoms with Gasteiger partial charge in [-0.25, -0.2) is 15.0 Å². The van der Waals surface area contributed by atoms with Crippen molar-refractivity contribution in [2.24, 2.45) is 5.92 Å². The molecule has 2 N–H and O–H groups in total. The Labute approximate surface area is 164 Å². The molecule has 2 unspecified atom stereocenters. The zero-order chi connectivity index (χ0) is 18.9. The maximum Gasteiger partial charge on any atom is 0.145 e. The monoisotopic (exact) mass is 374 g/mol. The molecule has 0 saturated heterocycles. The van der Waals surface area contributed by atoms with E-state index in [-0.39, 0.29) is 0 Å². The Balaban J connectivity index is 1.14. The number of nitrogen functional groups attached to an aromatic ring is 1. The predicted molar refractivity (Wildman–Crippen MR) is 111 cm³/mol. The molecule has 5 rings (SSSR count). The van der Waals surface area contributed by atoms with Crippen LogP contribution in [-0.2, 0) is 6.42 Å². The van der Waals surface area contributed by atoms with Crippen LogP contribution in [-0.4, -0.2) is 23.9 Å². The van der Waals surface area contributed by atoms with Crippen molar-refractivity contribution in [3.05, 3.63) is 54.9 Å². The zero-order valence-electron chi connectivity index (χ0n) is 16.0. The molecule has 0 radical (unpaired) electrons. The summed E-state index contributed by atoms with van der Waals surface area (Å²) < 4.78 is 4.37. The summed E-state index contributed by atoms with van der Waals surface area (Å²) in [6.07, 6.45) is 18.4. The first kappa shape index (κ1) is 17.2. The smallest absolute Gasteiger partial charge is 0.145 e. The molecule has 4 heterocycles. The van der Waals surface area contributed by atoms with E-state index in [0.29, 0.717) is 11.9 Å². The molecule has 6 nitrogen and oxygen atoms in total. The first-order valence-electron chi connectivity index (χ1n) is 10.3. The highest BCUT2D eigenvalue weighted by atomic mass is 15.1. The van der Waals surface area contributed by atoms with Crippen LogP contribution in [0.1, 0.15) is 50.1 Å². The Morgan fingerprint density at radius 2 is 2.00 bits per heavy atom. The molecule has 1 saturated carbocycles. The molecule has 1 fully saturated rings. The van der Waals surface area contributed by atoms with E-state index in [1.165, 1.54) is 44.1 Å². The standard InChI is InChI=1S/C22H26N6/c23-21-19-8-11-28(22(19)26-15-25-21)18-6-5-16(13-18)3-1-2-4-17-7-10-27-12-9-24-20(27)14-17/h7-12,14-16,18H,1-6,13H2,(H2,23,25,26). The van der Waals surface area contributed by atoms with E-state index in [1.807, 2.05) is 12.4 Å². The van der Waals surface area contributed by atoms with Gasteiger partial charge in [-0.05, 0) is 61.8 Å². The fourth-order valence-electron chi connectivity index (χ4n) is 4.72. The summed E-state index contributed by atoms with van der Waals surface area (Å²) in [5.41, 5.74) is 9.39. The molecule has 2 atom stereocenters. The van der Waals surface area contributed by atoms with Gasteiger partial charge in [0, 0.05) is 30.8 Å². The molecule has 0 aliphatic heterocycles. The zero-order valence-corrected chi connectivity index (χ0v) is 16.0. The number of pyridine rings is 1. The summed E-state index contributed by atoms with van der Waals surface area (Å²) >= 11 is 0. The van der Waals surface area contributed by atoms with Gasteiger partial charge in [-0.1, -0.05) is 12.8 Å². The van der Waals surface area contributed by atoms with Crippen molar-refractivity contribution < 1.29 is 0 Å². The van der Waals surface area contributed by atoms with Crippen LogP contribution in [0.3, 0.4) is 0 Å². The fourth-order valence-corrected chi connectivity index (χ4v) is 4.72. The van der Waals surface area contributed by atoms with E-state index in [2.05, 4.69) is 54.5 Å². The second-order valence-corrected chi connectivity index (χ2v) is 8.03. The highest BCUT2D eigenvalue weighted by Gasteiger charge is 2.26. The van der Waals surface area contributed by atoms with Crippen LogP contribution in [0.5, 0.6) is 0 Å². The lowest BCUT2D eigenvalue weighted by atomic mass is 9.98. The fraction of sp³-hybridized carbons (Fsp3) is 0.409. The van der Waals surface area contributed by atoms with Gasteiger partial charge in [0.15, 0.2) is 0 Å². The molecule has 0 bridgehead atoms. The van der Waals surface area contributed by atoms with Crippen molar-refractivity contribution in [3.63, 3.8) is 0 Å². The molecule has 4 aromatic heterocycles. The first-order chi connectivity index (χ1) is 13.8. The van der Waals surface area contributed by atoms with Gasteiger partial charge in [0.25, 0.3) is 0 Å². The third-order valence-electron chi connectivity index (χ3n) is 6.24.